The van der Waals surface area contributed by atoms with E-state index in [4.69, 9.17) is 0 Å². The molecule has 0 aliphatic carbocycles. The Hall–Kier alpha value is -2.02. The average Bonchev–Trinajstić information content (AvgIpc) is 2.69. The predicted molar refractivity (Wildman–Crippen MR) is 114 cm³/mol. The molecule has 0 spiro atoms. The van der Waals surface area contributed by atoms with Crippen LogP contribution in [0, 0.1) is 5.82 Å². The molecule has 0 saturated carbocycles. The maximum atomic E-state index is 13.4. The normalized spacial score (nSPS) is 12.9. The molecule has 0 aliphatic heterocycles. The zero-order valence-electron chi connectivity index (χ0n) is 15.4. The third-order valence-electron chi connectivity index (χ3n) is 4.63. The van der Waals surface area contributed by atoms with Gasteiger partial charge in [-0.2, -0.15) is 0 Å². The smallest absolute Gasteiger partial charge is 0.179 e. The second-order valence-corrected chi connectivity index (χ2v) is 9.64. The molecular formula is C22H21BrFNO2S. The lowest BCUT2D eigenvalue weighted by atomic mass is 9.97. The van der Waals surface area contributed by atoms with E-state index in [1.165, 1.54) is 12.1 Å². The lowest BCUT2D eigenvalue weighted by Crippen LogP contribution is -2.30. The topological polar surface area (TPSA) is 37.4 Å². The largest absolute Gasteiger partial charge is 0.294 e. The van der Waals surface area contributed by atoms with E-state index >= 15 is 0 Å². The van der Waals surface area contributed by atoms with Crippen molar-refractivity contribution in [1.82, 2.24) is 4.90 Å². The first-order valence-electron chi connectivity index (χ1n) is 8.86. The summed E-state index contributed by atoms with van der Waals surface area (Å²) in [5.74, 6) is -0.300. The van der Waals surface area contributed by atoms with Crippen molar-refractivity contribution in [3.63, 3.8) is 0 Å². The zero-order chi connectivity index (χ0) is 20.1. The molecule has 146 valence electrons. The number of benzene rings is 3. The van der Waals surface area contributed by atoms with Gasteiger partial charge in [0.2, 0.25) is 0 Å². The summed E-state index contributed by atoms with van der Waals surface area (Å²) in [5, 5.41) is 0. The van der Waals surface area contributed by atoms with E-state index in [9.17, 15) is 12.8 Å². The zero-order valence-corrected chi connectivity index (χ0v) is 17.8. The molecule has 0 aromatic heterocycles. The fourth-order valence-corrected chi connectivity index (χ4v) is 4.71. The van der Waals surface area contributed by atoms with Crippen LogP contribution < -0.4 is 0 Å². The van der Waals surface area contributed by atoms with Gasteiger partial charge in [-0.05, 0) is 54.6 Å². The molecule has 3 aromatic rings. The first-order chi connectivity index (χ1) is 13.4. The van der Waals surface area contributed by atoms with Crippen molar-refractivity contribution in [2.24, 2.45) is 0 Å². The van der Waals surface area contributed by atoms with Gasteiger partial charge in [0.25, 0.3) is 0 Å². The van der Waals surface area contributed by atoms with Crippen LogP contribution in [0.4, 0.5) is 4.39 Å². The fourth-order valence-electron chi connectivity index (χ4n) is 3.13. The number of halogens is 2. The predicted octanol–water partition coefficient (Wildman–Crippen LogP) is 5.08. The van der Waals surface area contributed by atoms with Crippen molar-refractivity contribution in [1.29, 1.82) is 0 Å². The van der Waals surface area contributed by atoms with Crippen LogP contribution in [0.3, 0.4) is 0 Å². The Labute approximate surface area is 173 Å². The van der Waals surface area contributed by atoms with Gasteiger partial charge in [-0.25, -0.2) is 12.8 Å². The number of hydrogen-bond acceptors (Lipinski definition) is 3. The summed E-state index contributed by atoms with van der Waals surface area (Å²) in [7, 11) is -1.51. The molecule has 28 heavy (non-hydrogen) atoms. The first-order valence-corrected chi connectivity index (χ1v) is 11.3. The van der Waals surface area contributed by atoms with Crippen LogP contribution in [0.25, 0.3) is 0 Å². The molecule has 1 atom stereocenters. The van der Waals surface area contributed by atoms with Crippen molar-refractivity contribution in [3.05, 3.63) is 100 Å². The van der Waals surface area contributed by atoms with Crippen LogP contribution in [0.5, 0.6) is 0 Å². The standard InChI is InChI=1S/C22H21BrFNO2S/c1-25(15-16-28(26,27)21-13-9-19(23)10-14-21)22(17-5-3-2-4-6-17)18-7-11-20(24)12-8-18/h2-14,22H,15-16H2,1H3. The SMILES string of the molecule is CN(CCS(=O)(=O)c1ccc(Br)cc1)C(c1ccccc1)c1ccc(F)cc1. The van der Waals surface area contributed by atoms with Crippen molar-refractivity contribution < 1.29 is 12.8 Å². The highest BCUT2D eigenvalue weighted by molar-refractivity contribution is 9.10. The van der Waals surface area contributed by atoms with E-state index in [0.29, 0.717) is 11.4 Å². The third-order valence-corrected chi connectivity index (χ3v) is 6.87. The van der Waals surface area contributed by atoms with Gasteiger partial charge in [0.1, 0.15) is 5.82 Å². The van der Waals surface area contributed by atoms with Crippen LogP contribution in [0.15, 0.2) is 88.2 Å². The summed E-state index contributed by atoms with van der Waals surface area (Å²) in [6, 6.07) is 22.6. The molecule has 3 nitrogen and oxygen atoms in total. The molecule has 0 radical (unpaired) electrons. The van der Waals surface area contributed by atoms with Crippen LogP contribution in [0.1, 0.15) is 17.2 Å². The van der Waals surface area contributed by atoms with Crippen molar-refractivity contribution >= 4 is 25.8 Å². The average molecular weight is 462 g/mol. The van der Waals surface area contributed by atoms with Gasteiger partial charge >= 0.3 is 0 Å². The van der Waals surface area contributed by atoms with E-state index in [1.54, 1.807) is 36.4 Å². The molecule has 3 aromatic carbocycles. The summed E-state index contributed by atoms with van der Waals surface area (Å²) < 4.78 is 39.6. The van der Waals surface area contributed by atoms with E-state index in [2.05, 4.69) is 15.9 Å². The summed E-state index contributed by atoms with van der Waals surface area (Å²) in [6.07, 6.45) is 0. The Morgan fingerprint density at radius 1 is 0.893 bits per heavy atom. The Kier molecular flexibility index (Phi) is 6.65. The molecule has 1 unspecified atom stereocenters. The fraction of sp³-hybridized carbons (Fsp3) is 0.182. The van der Waals surface area contributed by atoms with Gasteiger partial charge in [-0.3, -0.25) is 4.90 Å². The third kappa shape index (κ3) is 5.07. The van der Waals surface area contributed by atoms with E-state index in [0.717, 1.165) is 15.6 Å². The van der Waals surface area contributed by atoms with Crippen molar-refractivity contribution in [2.45, 2.75) is 10.9 Å². The van der Waals surface area contributed by atoms with Gasteiger partial charge in [-0.1, -0.05) is 58.4 Å². The van der Waals surface area contributed by atoms with E-state index < -0.39 is 9.84 Å². The van der Waals surface area contributed by atoms with Gasteiger partial charge in [0, 0.05) is 11.0 Å². The maximum Gasteiger partial charge on any atom is 0.179 e. The molecule has 3 rings (SSSR count). The maximum absolute atomic E-state index is 13.4. The summed E-state index contributed by atoms with van der Waals surface area (Å²) in [5.41, 5.74) is 1.94. The molecule has 0 heterocycles. The highest BCUT2D eigenvalue weighted by Crippen LogP contribution is 2.28. The minimum absolute atomic E-state index is 0.00430. The van der Waals surface area contributed by atoms with Crippen LogP contribution >= 0.6 is 15.9 Å². The minimum atomic E-state index is -3.40. The van der Waals surface area contributed by atoms with Crippen LogP contribution in [0.2, 0.25) is 0 Å². The summed E-state index contributed by atoms with van der Waals surface area (Å²) in [6.45, 7) is 0.343. The minimum Gasteiger partial charge on any atom is -0.294 e. The number of rotatable bonds is 7. The highest BCUT2D eigenvalue weighted by Gasteiger charge is 2.22. The van der Waals surface area contributed by atoms with Crippen molar-refractivity contribution in [3.8, 4) is 0 Å². The lowest BCUT2D eigenvalue weighted by Gasteiger charge is -2.29. The Balaban J connectivity index is 1.82. The second kappa shape index (κ2) is 8.99. The number of hydrogen-bond donors (Lipinski definition) is 0. The molecule has 0 aliphatic rings. The molecule has 6 heteroatoms. The quantitative estimate of drug-likeness (QED) is 0.491. The van der Waals surface area contributed by atoms with Crippen molar-refractivity contribution in [2.75, 3.05) is 19.3 Å². The second-order valence-electron chi connectivity index (χ2n) is 6.62. The Morgan fingerprint density at radius 2 is 1.46 bits per heavy atom. The highest BCUT2D eigenvalue weighted by atomic mass is 79.9. The molecule has 0 N–H and O–H groups in total. The molecular weight excluding hydrogens is 441 g/mol. The molecule has 0 fully saturated rings. The van der Waals surface area contributed by atoms with Gasteiger partial charge < -0.3 is 0 Å². The van der Waals surface area contributed by atoms with Gasteiger partial charge in [0.05, 0.1) is 16.7 Å². The van der Waals surface area contributed by atoms with E-state index in [1.807, 2.05) is 42.3 Å². The lowest BCUT2D eigenvalue weighted by molar-refractivity contribution is 0.295. The monoisotopic (exact) mass is 461 g/mol. The summed E-state index contributed by atoms with van der Waals surface area (Å²) in [4.78, 5) is 2.29. The number of sulfone groups is 1. The number of nitrogens with zero attached hydrogens (tertiary/aromatic N) is 1. The van der Waals surface area contributed by atoms with Crippen LogP contribution in [-0.2, 0) is 9.84 Å². The Bertz CT molecular complexity index is 1010. The Morgan fingerprint density at radius 3 is 2.07 bits per heavy atom. The first kappa shape index (κ1) is 20.7. The van der Waals surface area contributed by atoms with E-state index in [-0.39, 0.29) is 17.6 Å². The van der Waals surface area contributed by atoms with Gasteiger partial charge in [0.15, 0.2) is 9.84 Å². The van der Waals surface area contributed by atoms with Crippen LogP contribution in [-0.4, -0.2) is 32.7 Å². The summed E-state index contributed by atoms with van der Waals surface area (Å²) >= 11 is 3.32. The molecule has 0 amide bonds. The molecule has 0 bridgehead atoms. The van der Waals surface area contributed by atoms with Gasteiger partial charge in [-0.15, -0.1) is 0 Å². The molecule has 0 saturated heterocycles.